The third-order valence-corrected chi connectivity index (χ3v) is 8.99. The molecule has 2 saturated heterocycles. The fraction of sp³-hybridized carbons (Fsp3) is 0.400. The van der Waals surface area contributed by atoms with Gasteiger partial charge < -0.3 is 30.4 Å². The number of carbonyl (C=O) groups is 4. The first kappa shape index (κ1) is 33.4. The van der Waals surface area contributed by atoms with E-state index < -0.39 is 30.1 Å². The number of hydrogen-bond donors (Lipinski definition) is 3. The van der Waals surface area contributed by atoms with Crippen LogP contribution in [0.4, 0.5) is 4.79 Å². The van der Waals surface area contributed by atoms with E-state index >= 15 is 0 Å². The Balaban J connectivity index is 1.21. The van der Waals surface area contributed by atoms with Crippen LogP contribution in [0.25, 0.3) is 10.9 Å². The number of benzene rings is 2. The van der Waals surface area contributed by atoms with Crippen LogP contribution in [-0.2, 0) is 11.3 Å². The Morgan fingerprint density at radius 3 is 2.53 bits per heavy atom. The van der Waals surface area contributed by atoms with E-state index in [9.17, 15) is 19.2 Å². The second-order valence-corrected chi connectivity index (χ2v) is 12.2. The molecule has 2 aromatic carbocycles. The van der Waals surface area contributed by atoms with Crippen LogP contribution in [0.5, 0.6) is 0 Å². The monoisotopic (exact) mass is 665 g/mol. The first-order chi connectivity index (χ1) is 23.7. The summed E-state index contributed by atoms with van der Waals surface area (Å²) in [4.78, 5) is 74.6. The minimum absolute atomic E-state index is 0.0767. The number of piperidine rings is 1. The number of aliphatic imine (C=N–C) groups is 1. The third kappa shape index (κ3) is 6.62. The van der Waals surface area contributed by atoms with E-state index in [1.165, 1.54) is 9.80 Å². The van der Waals surface area contributed by atoms with Gasteiger partial charge in [-0.25, -0.2) is 19.8 Å². The van der Waals surface area contributed by atoms with E-state index in [0.717, 1.165) is 23.0 Å². The Morgan fingerprint density at radius 1 is 1.04 bits per heavy atom. The average molecular weight is 666 g/mol. The van der Waals surface area contributed by atoms with Gasteiger partial charge in [-0.2, -0.15) is 0 Å². The first-order valence-corrected chi connectivity index (χ1v) is 16.3. The van der Waals surface area contributed by atoms with Gasteiger partial charge in [-0.1, -0.05) is 36.3 Å². The van der Waals surface area contributed by atoms with Crippen molar-refractivity contribution in [3.05, 3.63) is 71.2 Å². The fourth-order valence-corrected chi connectivity index (χ4v) is 6.60. The highest BCUT2D eigenvalue weighted by atomic mass is 16.3. The lowest BCUT2D eigenvalue weighted by molar-refractivity contribution is -0.138. The number of aromatic nitrogens is 2. The predicted octanol–water partition coefficient (Wildman–Crippen LogP) is 1.34. The number of hydrogen-bond acceptors (Lipinski definition) is 10. The summed E-state index contributed by atoms with van der Waals surface area (Å²) in [6.45, 7) is 4.62. The van der Waals surface area contributed by atoms with Gasteiger partial charge in [-0.05, 0) is 44.9 Å². The SMILES string of the molecule is CC#CCN1C(N2CCC[C@@H](NC(=O)c3ccccc3C(=O)NCCO)C2)=NC2C1C(=O)N(Cc1nc(C)c3ccccc3n1)C(=O)N2C. The molecule has 254 valence electrons. The number of aliphatic hydroxyl groups is 1. The highest BCUT2D eigenvalue weighted by Gasteiger charge is 2.53. The molecule has 0 spiro atoms. The van der Waals surface area contributed by atoms with Gasteiger partial charge in [0, 0.05) is 43.8 Å². The Bertz CT molecular complexity index is 1890. The van der Waals surface area contributed by atoms with Crippen molar-refractivity contribution in [2.75, 3.05) is 39.8 Å². The molecule has 1 aromatic heterocycles. The molecule has 3 aromatic rings. The summed E-state index contributed by atoms with van der Waals surface area (Å²) >= 11 is 0. The van der Waals surface area contributed by atoms with Crippen LogP contribution in [0.1, 0.15) is 52.0 Å². The van der Waals surface area contributed by atoms with Gasteiger partial charge in [0.2, 0.25) is 5.96 Å². The van der Waals surface area contributed by atoms with Crippen LogP contribution in [0.15, 0.2) is 53.5 Å². The van der Waals surface area contributed by atoms with Crippen LogP contribution in [0, 0.1) is 18.8 Å². The van der Waals surface area contributed by atoms with E-state index in [1.54, 1.807) is 38.2 Å². The number of likely N-dealkylation sites (tertiary alicyclic amines) is 1. The summed E-state index contributed by atoms with van der Waals surface area (Å²) in [7, 11) is 1.63. The van der Waals surface area contributed by atoms with Gasteiger partial charge in [0.1, 0.15) is 5.82 Å². The van der Waals surface area contributed by atoms with Crippen LogP contribution in [0.3, 0.4) is 0 Å². The number of rotatable bonds is 8. The Hall–Kier alpha value is -5.55. The number of imide groups is 1. The van der Waals surface area contributed by atoms with Crippen molar-refractivity contribution in [3.8, 4) is 11.8 Å². The summed E-state index contributed by atoms with van der Waals surface area (Å²) < 4.78 is 0. The topological polar surface area (TPSA) is 164 Å². The molecule has 14 heteroatoms. The molecule has 2 unspecified atom stereocenters. The average Bonchev–Trinajstić information content (AvgIpc) is 3.50. The minimum Gasteiger partial charge on any atom is -0.395 e. The van der Waals surface area contributed by atoms with Gasteiger partial charge in [0.05, 0.1) is 36.3 Å². The third-order valence-electron chi connectivity index (χ3n) is 8.99. The maximum Gasteiger partial charge on any atom is 0.328 e. The molecular weight excluding hydrogens is 626 g/mol. The lowest BCUT2D eigenvalue weighted by Gasteiger charge is -2.42. The standard InChI is InChI=1S/C35H39N9O5/c1-4-5-18-43-29-30(41(3)35(49)44(33(29)48)21-28-37-22(2)24-12-8-9-15-27(24)39-28)40-34(43)42-17-10-11-23(20-42)38-32(47)26-14-7-6-13-25(26)31(46)36-16-19-45/h6-9,12-15,23,29-30,45H,10-11,16-21H2,1-3H3,(H,36,46)(H,38,47)/t23-,29?,30?/m1/s1. The highest BCUT2D eigenvalue weighted by Crippen LogP contribution is 2.30. The van der Waals surface area contributed by atoms with E-state index in [0.29, 0.717) is 31.3 Å². The lowest BCUT2D eigenvalue weighted by Crippen LogP contribution is -2.65. The van der Waals surface area contributed by atoms with Crippen LogP contribution < -0.4 is 10.6 Å². The van der Waals surface area contributed by atoms with Crippen LogP contribution >= 0.6 is 0 Å². The Labute approximate surface area is 284 Å². The molecule has 4 heterocycles. The van der Waals surface area contributed by atoms with Crippen LogP contribution in [0.2, 0.25) is 0 Å². The fourth-order valence-electron chi connectivity index (χ4n) is 6.60. The zero-order chi connectivity index (χ0) is 34.7. The molecule has 0 aliphatic carbocycles. The smallest absolute Gasteiger partial charge is 0.328 e. The number of aryl methyl sites for hydroxylation is 1. The number of para-hydroxylation sites is 1. The summed E-state index contributed by atoms with van der Waals surface area (Å²) in [5.74, 6) is 5.65. The van der Waals surface area contributed by atoms with Crippen molar-refractivity contribution in [2.24, 2.45) is 4.99 Å². The van der Waals surface area contributed by atoms with E-state index in [1.807, 2.05) is 41.0 Å². The lowest BCUT2D eigenvalue weighted by atomic mass is 10.0. The normalized spacial score (nSPS) is 20.5. The molecule has 3 aliphatic heterocycles. The number of nitrogens with one attached hydrogen (secondary N) is 2. The molecule has 0 bridgehead atoms. The van der Waals surface area contributed by atoms with E-state index in [4.69, 9.17) is 10.1 Å². The quantitative estimate of drug-likeness (QED) is 0.302. The van der Waals surface area contributed by atoms with Gasteiger partial charge in [0.15, 0.2) is 12.2 Å². The number of likely N-dealkylation sites (N-methyl/N-ethyl adjacent to an activating group) is 1. The zero-order valence-corrected chi connectivity index (χ0v) is 27.7. The number of fused-ring (bicyclic) bond motifs is 2. The highest BCUT2D eigenvalue weighted by molar-refractivity contribution is 6.07. The van der Waals surface area contributed by atoms with Crippen molar-refractivity contribution in [1.29, 1.82) is 0 Å². The second-order valence-electron chi connectivity index (χ2n) is 12.2. The van der Waals surface area contributed by atoms with E-state index in [-0.39, 0.29) is 49.3 Å². The zero-order valence-electron chi connectivity index (χ0n) is 27.7. The first-order valence-electron chi connectivity index (χ1n) is 16.3. The number of nitrogens with zero attached hydrogens (tertiary/aromatic N) is 7. The van der Waals surface area contributed by atoms with Gasteiger partial charge >= 0.3 is 6.03 Å². The molecule has 2 fully saturated rings. The van der Waals surface area contributed by atoms with Crippen molar-refractivity contribution < 1.29 is 24.3 Å². The molecule has 0 saturated carbocycles. The maximum atomic E-state index is 14.2. The molecule has 14 nitrogen and oxygen atoms in total. The maximum absolute atomic E-state index is 14.2. The molecule has 3 atom stereocenters. The van der Waals surface area contributed by atoms with Gasteiger partial charge in [-0.3, -0.25) is 19.3 Å². The predicted molar refractivity (Wildman–Crippen MR) is 181 cm³/mol. The summed E-state index contributed by atoms with van der Waals surface area (Å²) in [5.41, 5.74) is 1.94. The molecule has 3 N–H and O–H groups in total. The largest absolute Gasteiger partial charge is 0.395 e. The van der Waals surface area contributed by atoms with Crippen LogP contribution in [-0.4, -0.2) is 122 Å². The molecule has 0 radical (unpaired) electrons. The minimum atomic E-state index is -0.806. The number of amides is 5. The number of carbonyl (C=O) groups excluding carboxylic acids is 4. The number of guanidine groups is 1. The van der Waals surface area contributed by atoms with Gasteiger partial charge in [-0.15, -0.1) is 5.92 Å². The molecule has 5 amide bonds. The number of aliphatic hydroxyl groups excluding tert-OH is 1. The Morgan fingerprint density at radius 2 is 1.78 bits per heavy atom. The summed E-state index contributed by atoms with van der Waals surface area (Å²) in [5, 5.41) is 15.7. The van der Waals surface area contributed by atoms with E-state index in [2.05, 4.69) is 32.4 Å². The summed E-state index contributed by atoms with van der Waals surface area (Å²) in [6, 6.07) is 12.6. The molecule has 3 aliphatic rings. The Kier molecular flexibility index (Phi) is 9.72. The van der Waals surface area contributed by atoms with Crippen molar-refractivity contribution in [3.63, 3.8) is 0 Å². The molecular formula is C35H39N9O5. The van der Waals surface area contributed by atoms with Crippen molar-refractivity contribution in [2.45, 2.75) is 51.5 Å². The second kappa shape index (κ2) is 14.3. The number of urea groups is 1. The summed E-state index contributed by atoms with van der Waals surface area (Å²) in [6.07, 6.45) is 0.675. The molecule has 6 rings (SSSR count). The van der Waals surface area contributed by atoms with Crippen molar-refractivity contribution in [1.82, 2.24) is 40.2 Å². The van der Waals surface area contributed by atoms with Gasteiger partial charge in [0.25, 0.3) is 17.7 Å². The molecule has 49 heavy (non-hydrogen) atoms. The van der Waals surface area contributed by atoms with Crippen molar-refractivity contribution >= 4 is 40.6 Å².